The van der Waals surface area contributed by atoms with E-state index < -0.39 is 0 Å². The number of hydrogen-bond donors (Lipinski definition) is 0. The minimum Gasteiger partial charge on any atom is -0.489 e. The summed E-state index contributed by atoms with van der Waals surface area (Å²) in [5.74, 6) is 0.819. The second-order valence-corrected chi connectivity index (χ2v) is 6.08. The van der Waals surface area contributed by atoms with Gasteiger partial charge in [-0.3, -0.25) is 9.78 Å². The summed E-state index contributed by atoms with van der Waals surface area (Å²) in [5.41, 5.74) is 3.84. The molecule has 0 N–H and O–H groups in total. The average molecular weight is 339 g/mol. The molecule has 0 radical (unpaired) electrons. The van der Waals surface area contributed by atoms with Crippen molar-refractivity contribution in [2.75, 3.05) is 0 Å². The molecule has 126 valence electrons. The van der Waals surface area contributed by atoms with Crippen LogP contribution in [0.1, 0.15) is 15.9 Å². The van der Waals surface area contributed by atoms with Crippen molar-refractivity contribution >= 4 is 17.1 Å². The van der Waals surface area contributed by atoms with Crippen LogP contribution >= 0.6 is 0 Å². The van der Waals surface area contributed by atoms with Crippen LogP contribution in [0.3, 0.4) is 0 Å². The van der Waals surface area contributed by atoms with Gasteiger partial charge in [0.25, 0.3) is 0 Å². The molecular formula is C23H17NO2. The van der Waals surface area contributed by atoms with Crippen LogP contribution in [0.25, 0.3) is 21.9 Å². The first kappa shape index (κ1) is 16.0. The fourth-order valence-electron chi connectivity index (χ4n) is 2.96. The zero-order chi connectivity index (χ0) is 17.8. The minimum absolute atomic E-state index is 0.540. The fourth-order valence-corrected chi connectivity index (χ4v) is 2.96. The Morgan fingerprint density at radius 3 is 2.46 bits per heavy atom. The number of pyridine rings is 1. The Balaban J connectivity index is 1.60. The average Bonchev–Trinajstić information content (AvgIpc) is 2.72. The molecule has 0 aliphatic rings. The van der Waals surface area contributed by atoms with E-state index in [1.807, 2.05) is 79.1 Å². The molecular weight excluding hydrogens is 322 g/mol. The third-order valence-corrected chi connectivity index (χ3v) is 4.33. The number of aldehydes is 1. The summed E-state index contributed by atoms with van der Waals surface area (Å²) in [6.07, 6.45) is 4.51. The second kappa shape index (κ2) is 7.19. The lowest BCUT2D eigenvalue weighted by atomic mass is 9.99. The zero-order valence-electron chi connectivity index (χ0n) is 14.1. The largest absolute Gasteiger partial charge is 0.489 e. The van der Waals surface area contributed by atoms with Gasteiger partial charge in [0.1, 0.15) is 18.6 Å². The van der Waals surface area contributed by atoms with E-state index in [1.165, 1.54) is 0 Å². The van der Waals surface area contributed by atoms with Crippen molar-refractivity contribution < 1.29 is 9.53 Å². The molecule has 3 nitrogen and oxygen atoms in total. The van der Waals surface area contributed by atoms with Gasteiger partial charge in [0, 0.05) is 28.9 Å². The Morgan fingerprint density at radius 2 is 1.69 bits per heavy atom. The highest BCUT2D eigenvalue weighted by molar-refractivity contribution is 5.98. The number of benzene rings is 3. The quantitative estimate of drug-likeness (QED) is 0.464. The van der Waals surface area contributed by atoms with E-state index in [4.69, 9.17) is 4.74 Å². The molecule has 26 heavy (non-hydrogen) atoms. The highest BCUT2D eigenvalue weighted by atomic mass is 16.5. The van der Waals surface area contributed by atoms with Crippen LogP contribution in [0.4, 0.5) is 0 Å². The van der Waals surface area contributed by atoms with Gasteiger partial charge in [0.05, 0.1) is 0 Å². The first-order valence-electron chi connectivity index (χ1n) is 8.43. The van der Waals surface area contributed by atoms with Crippen LogP contribution in [-0.2, 0) is 6.61 Å². The standard InChI is InChI=1S/C23H17NO2/c25-15-18-6-7-20-13-24-14-23(22(20)12-18)19-8-10-21(11-9-19)26-16-17-4-2-1-3-5-17/h1-15H,16H2. The van der Waals surface area contributed by atoms with Gasteiger partial charge in [-0.25, -0.2) is 0 Å². The van der Waals surface area contributed by atoms with E-state index in [0.29, 0.717) is 12.2 Å². The molecule has 0 spiro atoms. The van der Waals surface area contributed by atoms with E-state index in [9.17, 15) is 4.79 Å². The summed E-state index contributed by atoms with van der Waals surface area (Å²) in [7, 11) is 0. The fraction of sp³-hybridized carbons (Fsp3) is 0.0435. The SMILES string of the molecule is O=Cc1ccc2cncc(-c3ccc(OCc4ccccc4)cc3)c2c1. The monoisotopic (exact) mass is 339 g/mol. The number of fused-ring (bicyclic) bond motifs is 1. The van der Waals surface area contributed by atoms with Crippen molar-refractivity contribution in [2.24, 2.45) is 0 Å². The summed E-state index contributed by atoms with van der Waals surface area (Å²) in [4.78, 5) is 15.4. The van der Waals surface area contributed by atoms with Crippen LogP contribution in [0, 0.1) is 0 Å². The van der Waals surface area contributed by atoms with Crippen LogP contribution < -0.4 is 4.74 Å². The lowest BCUT2D eigenvalue weighted by Gasteiger charge is -2.09. The lowest BCUT2D eigenvalue weighted by molar-refractivity contribution is 0.112. The summed E-state index contributed by atoms with van der Waals surface area (Å²) in [6.45, 7) is 0.540. The summed E-state index contributed by atoms with van der Waals surface area (Å²) in [6, 6.07) is 23.7. The van der Waals surface area contributed by atoms with Crippen LogP contribution in [0.5, 0.6) is 5.75 Å². The van der Waals surface area contributed by atoms with Gasteiger partial charge in [-0.05, 0) is 34.7 Å². The van der Waals surface area contributed by atoms with Gasteiger partial charge < -0.3 is 4.74 Å². The molecule has 0 unspecified atom stereocenters. The topological polar surface area (TPSA) is 39.2 Å². The Bertz CT molecular complexity index is 1040. The molecule has 1 aromatic heterocycles. The molecule has 0 atom stereocenters. The molecule has 1 heterocycles. The Kier molecular flexibility index (Phi) is 4.44. The third kappa shape index (κ3) is 3.33. The Labute approximate surface area is 151 Å². The molecule has 3 heteroatoms. The highest BCUT2D eigenvalue weighted by Crippen LogP contribution is 2.29. The smallest absolute Gasteiger partial charge is 0.150 e. The van der Waals surface area contributed by atoms with Crippen molar-refractivity contribution in [3.8, 4) is 16.9 Å². The van der Waals surface area contributed by atoms with E-state index in [0.717, 1.165) is 39.5 Å². The number of carbonyl (C=O) groups is 1. The van der Waals surface area contributed by atoms with E-state index in [1.54, 1.807) is 6.07 Å². The van der Waals surface area contributed by atoms with E-state index >= 15 is 0 Å². The number of ether oxygens (including phenoxy) is 1. The van der Waals surface area contributed by atoms with Gasteiger partial charge in [0.2, 0.25) is 0 Å². The Hall–Kier alpha value is -3.46. The van der Waals surface area contributed by atoms with Gasteiger partial charge in [0.15, 0.2) is 0 Å². The maximum atomic E-state index is 11.1. The lowest BCUT2D eigenvalue weighted by Crippen LogP contribution is -1.94. The molecule has 0 aliphatic heterocycles. The van der Waals surface area contributed by atoms with Gasteiger partial charge in [-0.1, -0.05) is 54.6 Å². The maximum absolute atomic E-state index is 11.1. The van der Waals surface area contributed by atoms with Crippen molar-refractivity contribution in [1.82, 2.24) is 4.98 Å². The molecule has 4 aromatic rings. The van der Waals surface area contributed by atoms with Crippen LogP contribution in [0.2, 0.25) is 0 Å². The first-order chi connectivity index (χ1) is 12.8. The maximum Gasteiger partial charge on any atom is 0.150 e. The van der Waals surface area contributed by atoms with Gasteiger partial charge in [-0.2, -0.15) is 0 Å². The highest BCUT2D eigenvalue weighted by Gasteiger charge is 2.06. The molecule has 0 aliphatic carbocycles. The van der Waals surface area contributed by atoms with Crippen molar-refractivity contribution in [3.63, 3.8) is 0 Å². The zero-order valence-corrected chi connectivity index (χ0v) is 14.1. The summed E-state index contributed by atoms with van der Waals surface area (Å²) >= 11 is 0. The van der Waals surface area contributed by atoms with Crippen LogP contribution in [-0.4, -0.2) is 11.3 Å². The molecule has 0 saturated carbocycles. The molecule has 0 amide bonds. The minimum atomic E-state index is 0.540. The number of rotatable bonds is 5. The molecule has 0 bridgehead atoms. The van der Waals surface area contributed by atoms with Crippen molar-refractivity contribution in [2.45, 2.75) is 6.61 Å². The van der Waals surface area contributed by atoms with E-state index in [-0.39, 0.29) is 0 Å². The second-order valence-electron chi connectivity index (χ2n) is 6.08. The molecule has 0 saturated heterocycles. The summed E-state index contributed by atoms with van der Waals surface area (Å²) < 4.78 is 5.84. The number of hydrogen-bond acceptors (Lipinski definition) is 3. The number of carbonyl (C=O) groups excluding carboxylic acids is 1. The van der Waals surface area contributed by atoms with Gasteiger partial charge in [-0.15, -0.1) is 0 Å². The molecule has 3 aromatic carbocycles. The normalized spacial score (nSPS) is 10.6. The molecule has 4 rings (SSSR count). The summed E-state index contributed by atoms with van der Waals surface area (Å²) in [5, 5.41) is 2.03. The van der Waals surface area contributed by atoms with E-state index in [2.05, 4.69) is 4.98 Å². The predicted molar refractivity (Wildman–Crippen MR) is 103 cm³/mol. The Morgan fingerprint density at radius 1 is 0.885 bits per heavy atom. The number of aromatic nitrogens is 1. The number of nitrogens with zero attached hydrogens (tertiary/aromatic N) is 1. The third-order valence-electron chi connectivity index (χ3n) is 4.33. The van der Waals surface area contributed by atoms with Crippen molar-refractivity contribution in [1.29, 1.82) is 0 Å². The first-order valence-corrected chi connectivity index (χ1v) is 8.43. The van der Waals surface area contributed by atoms with Gasteiger partial charge >= 0.3 is 0 Å². The van der Waals surface area contributed by atoms with Crippen LogP contribution in [0.15, 0.2) is 85.2 Å². The predicted octanol–water partition coefficient (Wildman–Crippen LogP) is 5.29. The van der Waals surface area contributed by atoms with Crippen molar-refractivity contribution in [3.05, 3.63) is 96.3 Å². The molecule has 0 fully saturated rings.